The number of anilines is 1. The number of carbonyl (C=O) groups excluding carboxylic acids is 1. The molecule has 3 rings (SSSR count). The first-order chi connectivity index (χ1) is 10.6. The Hall–Kier alpha value is -2.30. The second-order valence-electron chi connectivity index (χ2n) is 5.61. The number of carbonyl (C=O) groups is 1. The molecular formula is C17H20FN3O. The monoisotopic (exact) mass is 301 g/mol. The van der Waals surface area contributed by atoms with Crippen molar-refractivity contribution in [2.75, 3.05) is 11.9 Å². The van der Waals surface area contributed by atoms with E-state index in [4.69, 9.17) is 0 Å². The largest absolute Gasteiger partial charge is 0.345 e. The Morgan fingerprint density at radius 1 is 1.23 bits per heavy atom. The number of fused-ring (bicyclic) bond motifs is 1. The van der Waals surface area contributed by atoms with Gasteiger partial charge < -0.3 is 14.8 Å². The van der Waals surface area contributed by atoms with Gasteiger partial charge in [0.15, 0.2) is 0 Å². The maximum atomic E-state index is 12.9. The highest BCUT2D eigenvalue weighted by Crippen LogP contribution is 2.30. The van der Waals surface area contributed by atoms with Crippen LogP contribution in [-0.2, 0) is 6.54 Å². The first-order valence-corrected chi connectivity index (χ1v) is 7.59. The molecule has 0 aliphatic carbocycles. The van der Waals surface area contributed by atoms with Crippen molar-refractivity contribution in [2.45, 2.75) is 32.9 Å². The summed E-state index contributed by atoms with van der Waals surface area (Å²) in [4.78, 5) is 14.4. The van der Waals surface area contributed by atoms with Gasteiger partial charge in [0.2, 0.25) is 0 Å². The minimum absolute atomic E-state index is 0.0721. The number of aromatic nitrogens is 1. The van der Waals surface area contributed by atoms with Gasteiger partial charge in [0, 0.05) is 30.2 Å². The maximum absolute atomic E-state index is 12.9. The van der Waals surface area contributed by atoms with Crippen LogP contribution >= 0.6 is 0 Å². The highest BCUT2D eigenvalue weighted by Gasteiger charge is 2.30. The molecule has 2 amide bonds. The summed E-state index contributed by atoms with van der Waals surface area (Å²) in [6.45, 7) is 5.65. The zero-order valence-electron chi connectivity index (χ0n) is 12.8. The lowest BCUT2D eigenvalue weighted by atomic mass is 10.1. The summed E-state index contributed by atoms with van der Waals surface area (Å²) in [5, 5.41) is 2.85. The van der Waals surface area contributed by atoms with Crippen molar-refractivity contribution < 1.29 is 9.18 Å². The average Bonchev–Trinajstić information content (AvgIpc) is 2.90. The fourth-order valence-electron chi connectivity index (χ4n) is 3.11. The lowest BCUT2D eigenvalue weighted by Gasteiger charge is -2.37. The van der Waals surface area contributed by atoms with Gasteiger partial charge in [0.05, 0.1) is 6.04 Å². The van der Waals surface area contributed by atoms with Crippen LogP contribution < -0.4 is 5.32 Å². The molecule has 1 aliphatic heterocycles. The van der Waals surface area contributed by atoms with Gasteiger partial charge in [-0.2, -0.15) is 0 Å². The summed E-state index contributed by atoms with van der Waals surface area (Å²) >= 11 is 0. The molecule has 1 aliphatic rings. The van der Waals surface area contributed by atoms with Crippen molar-refractivity contribution in [3.05, 3.63) is 53.6 Å². The molecule has 1 N–H and O–H groups in total. The zero-order valence-corrected chi connectivity index (χ0v) is 12.8. The molecule has 1 atom stereocenters. The van der Waals surface area contributed by atoms with E-state index in [1.807, 2.05) is 4.90 Å². The Morgan fingerprint density at radius 2 is 1.95 bits per heavy atom. The van der Waals surface area contributed by atoms with Gasteiger partial charge in [0.25, 0.3) is 0 Å². The maximum Gasteiger partial charge on any atom is 0.322 e. The van der Waals surface area contributed by atoms with Crippen LogP contribution in [0, 0.1) is 12.7 Å². The van der Waals surface area contributed by atoms with E-state index in [1.54, 1.807) is 12.1 Å². The predicted molar refractivity (Wildman–Crippen MR) is 84.3 cm³/mol. The SMILES string of the molecule is CC[C@@H]1c2ccc(C)n2CCN1C(=O)Nc1ccc(F)cc1. The number of aryl methyl sites for hydroxylation is 1. The number of nitrogens with zero attached hydrogens (tertiary/aromatic N) is 2. The molecule has 0 spiro atoms. The van der Waals surface area contributed by atoms with E-state index >= 15 is 0 Å². The van der Waals surface area contributed by atoms with Crippen molar-refractivity contribution in [3.8, 4) is 0 Å². The van der Waals surface area contributed by atoms with E-state index in [9.17, 15) is 9.18 Å². The van der Waals surface area contributed by atoms with E-state index in [-0.39, 0.29) is 17.9 Å². The smallest absolute Gasteiger partial charge is 0.322 e. The molecule has 0 bridgehead atoms. The van der Waals surface area contributed by atoms with Gasteiger partial charge in [-0.3, -0.25) is 0 Å². The number of nitrogens with one attached hydrogen (secondary N) is 1. The van der Waals surface area contributed by atoms with Gasteiger partial charge in [-0.25, -0.2) is 9.18 Å². The molecule has 0 radical (unpaired) electrons. The van der Waals surface area contributed by atoms with Crippen molar-refractivity contribution in [3.63, 3.8) is 0 Å². The Morgan fingerprint density at radius 3 is 2.64 bits per heavy atom. The summed E-state index contributed by atoms with van der Waals surface area (Å²) in [5.74, 6) is -0.310. The molecule has 4 nitrogen and oxygen atoms in total. The summed E-state index contributed by atoms with van der Waals surface area (Å²) < 4.78 is 15.2. The summed E-state index contributed by atoms with van der Waals surface area (Å²) in [6, 6.07) is 9.97. The molecule has 0 saturated heterocycles. The highest BCUT2D eigenvalue weighted by molar-refractivity contribution is 5.89. The number of rotatable bonds is 2. The Bertz CT molecular complexity index is 678. The van der Waals surface area contributed by atoms with E-state index in [1.165, 1.54) is 23.5 Å². The average molecular weight is 301 g/mol. The van der Waals surface area contributed by atoms with Gasteiger partial charge >= 0.3 is 6.03 Å². The van der Waals surface area contributed by atoms with Crippen LogP contribution in [0.2, 0.25) is 0 Å². The lowest BCUT2D eigenvalue weighted by molar-refractivity contribution is 0.165. The van der Waals surface area contributed by atoms with Crippen LogP contribution in [0.1, 0.15) is 30.8 Å². The minimum atomic E-state index is -0.310. The molecule has 0 saturated carbocycles. The van der Waals surface area contributed by atoms with Crippen LogP contribution in [0.5, 0.6) is 0 Å². The molecule has 0 fully saturated rings. The molecule has 116 valence electrons. The second-order valence-corrected chi connectivity index (χ2v) is 5.61. The Kier molecular flexibility index (Phi) is 3.88. The van der Waals surface area contributed by atoms with Crippen LogP contribution in [0.4, 0.5) is 14.9 Å². The van der Waals surface area contributed by atoms with Gasteiger partial charge in [-0.15, -0.1) is 0 Å². The summed E-state index contributed by atoms with van der Waals surface area (Å²) in [7, 11) is 0. The summed E-state index contributed by atoms with van der Waals surface area (Å²) in [5.41, 5.74) is 3.02. The lowest BCUT2D eigenvalue weighted by Crippen LogP contribution is -2.44. The molecule has 1 aromatic heterocycles. The molecular weight excluding hydrogens is 281 g/mol. The van der Waals surface area contributed by atoms with Gasteiger partial charge in [0.1, 0.15) is 5.82 Å². The van der Waals surface area contributed by atoms with Crippen LogP contribution in [-0.4, -0.2) is 22.0 Å². The third-order valence-electron chi connectivity index (χ3n) is 4.26. The van der Waals surface area contributed by atoms with E-state index < -0.39 is 0 Å². The number of benzene rings is 1. The first-order valence-electron chi connectivity index (χ1n) is 7.59. The normalized spacial score (nSPS) is 17.2. The fraction of sp³-hybridized carbons (Fsp3) is 0.353. The molecule has 5 heteroatoms. The minimum Gasteiger partial charge on any atom is -0.345 e. The van der Waals surface area contributed by atoms with Crippen molar-refractivity contribution in [1.29, 1.82) is 0 Å². The molecule has 1 aromatic carbocycles. The standard InChI is InChI=1S/C17H20FN3O/c1-3-15-16-9-4-12(2)20(16)10-11-21(15)17(22)19-14-7-5-13(18)6-8-14/h4-9,15H,3,10-11H2,1-2H3,(H,19,22)/t15-/m1/s1. The summed E-state index contributed by atoms with van der Waals surface area (Å²) in [6.07, 6.45) is 0.861. The third-order valence-corrected chi connectivity index (χ3v) is 4.26. The number of urea groups is 1. The first kappa shape index (κ1) is 14.6. The van der Waals surface area contributed by atoms with Gasteiger partial charge in [-0.05, 0) is 49.7 Å². The van der Waals surface area contributed by atoms with Crippen LogP contribution in [0.3, 0.4) is 0 Å². The Labute approximate surface area is 129 Å². The quantitative estimate of drug-likeness (QED) is 0.896. The van der Waals surface area contributed by atoms with Crippen molar-refractivity contribution in [2.24, 2.45) is 0 Å². The van der Waals surface area contributed by atoms with Gasteiger partial charge in [-0.1, -0.05) is 6.92 Å². The van der Waals surface area contributed by atoms with Crippen LogP contribution in [0.15, 0.2) is 36.4 Å². The third kappa shape index (κ3) is 2.58. The number of hydrogen-bond acceptors (Lipinski definition) is 1. The van der Waals surface area contributed by atoms with Crippen molar-refractivity contribution >= 4 is 11.7 Å². The molecule has 2 heterocycles. The van der Waals surface area contributed by atoms with E-state index in [0.29, 0.717) is 12.2 Å². The molecule has 0 unspecified atom stereocenters. The Balaban J connectivity index is 1.79. The fourth-order valence-corrected chi connectivity index (χ4v) is 3.11. The number of hydrogen-bond donors (Lipinski definition) is 1. The highest BCUT2D eigenvalue weighted by atomic mass is 19.1. The topological polar surface area (TPSA) is 37.3 Å². The second kappa shape index (κ2) is 5.83. The number of halogens is 1. The van der Waals surface area contributed by atoms with Crippen LogP contribution in [0.25, 0.3) is 0 Å². The number of amides is 2. The van der Waals surface area contributed by atoms with Crippen molar-refractivity contribution in [1.82, 2.24) is 9.47 Å². The predicted octanol–water partition coefficient (Wildman–Crippen LogP) is 3.93. The van der Waals surface area contributed by atoms with E-state index in [2.05, 4.69) is 35.9 Å². The van der Waals surface area contributed by atoms with E-state index in [0.717, 1.165) is 13.0 Å². The molecule has 22 heavy (non-hydrogen) atoms. The zero-order chi connectivity index (χ0) is 15.7. The molecule has 2 aromatic rings.